The van der Waals surface area contributed by atoms with Crippen LogP contribution in [0.1, 0.15) is 15.2 Å². The minimum Gasteiger partial charge on any atom is -0.289 e. The molecule has 0 N–H and O–H groups in total. The first kappa shape index (κ1) is 15.2. The number of benzene rings is 1. The zero-order chi connectivity index (χ0) is 14.8. The molecule has 0 saturated heterocycles. The fourth-order valence-electron chi connectivity index (χ4n) is 1.54. The predicted molar refractivity (Wildman–Crippen MR) is 84.9 cm³/mol. The van der Waals surface area contributed by atoms with E-state index in [9.17, 15) is 13.2 Å². The molecule has 1 aromatic heterocycles. The normalized spacial score (nSPS) is 11.9. The highest BCUT2D eigenvalue weighted by Gasteiger charge is 2.08. The van der Waals surface area contributed by atoms with Gasteiger partial charge in [-0.2, -0.15) is 0 Å². The molecule has 3 nitrogen and oxygen atoms in total. The van der Waals surface area contributed by atoms with Crippen molar-refractivity contribution in [1.29, 1.82) is 0 Å². The van der Waals surface area contributed by atoms with Gasteiger partial charge in [-0.05, 0) is 64.5 Å². The third-order valence-corrected chi connectivity index (χ3v) is 5.28. The Kier molecular flexibility index (Phi) is 4.57. The molecule has 0 bridgehead atoms. The van der Waals surface area contributed by atoms with Crippen molar-refractivity contribution in [2.45, 2.75) is 4.90 Å². The number of ketones is 1. The van der Waals surface area contributed by atoms with Crippen molar-refractivity contribution < 1.29 is 13.2 Å². The summed E-state index contributed by atoms with van der Waals surface area (Å²) in [4.78, 5) is 13.1. The van der Waals surface area contributed by atoms with E-state index in [1.807, 2.05) is 12.1 Å². The van der Waals surface area contributed by atoms with Crippen molar-refractivity contribution in [3.63, 3.8) is 0 Å². The van der Waals surface area contributed by atoms with Gasteiger partial charge in [0.25, 0.3) is 0 Å². The molecule has 0 radical (unpaired) electrons. The lowest BCUT2D eigenvalue weighted by Crippen LogP contribution is -1.99. The Morgan fingerprint density at radius 2 is 1.80 bits per heavy atom. The fourth-order valence-corrected chi connectivity index (χ4v) is 3.50. The summed E-state index contributed by atoms with van der Waals surface area (Å²) in [5.74, 6) is -0.158. The fraction of sp³-hybridized carbons (Fsp3) is 0.0714. The number of hydrogen-bond acceptors (Lipinski definition) is 4. The second-order valence-corrected chi connectivity index (χ2v) is 8.65. The first-order valence-electron chi connectivity index (χ1n) is 5.64. The quantitative estimate of drug-likeness (QED) is 0.607. The van der Waals surface area contributed by atoms with Crippen LogP contribution in [0.4, 0.5) is 0 Å². The maximum absolute atomic E-state index is 11.9. The smallest absolute Gasteiger partial charge is 0.185 e. The summed E-state index contributed by atoms with van der Waals surface area (Å²) in [6, 6.07) is 9.75. The molecule has 6 heteroatoms. The van der Waals surface area contributed by atoms with Gasteiger partial charge in [-0.1, -0.05) is 0 Å². The van der Waals surface area contributed by atoms with E-state index >= 15 is 0 Å². The second kappa shape index (κ2) is 6.03. The summed E-state index contributed by atoms with van der Waals surface area (Å²) in [6.07, 6.45) is 4.36. The average molecular weight is 371 g/mol. The van der Waals surface area contributed by atoms with Crippen LogP contribution in [0, 0.1) is 0 Å². The van der Waals surface area contributed by atoms with E-state index in [1.54, 1.807) is 6.08 Å². The van der Waals surface area contributed by atoms with Gasteiger partial charge in [0.2, 0.25) is 0 Å². The summed E-state index contributed by atoms with van der Waals surface area (Å²) in [7, 11) is -3.23. The number of hydrogen-bond donors (Lipinski definition) is 0. The van der Waals surface area contributed by atoms with Gasteiger partial charge in [0.15, 0.2) is 15.6 Å². The number of halogens is 1. The average Bonchev–Trinajstić information content (AvgIpc) is 2.81. The van der Waals surface area contributed by atoms with E-state index in [2.05, 4.69) is 15.9 Å². The maximum Gasteiger partial charge on any atom is 0.185 e. The molecule has 0 aliphatic rings. The van der Waals surface area contributed by atoms with Crippen molar-refractivity contribution in [1.82, 2.24) is 0 Å². The molecule has 0 fully saturated rings. The van der Waals surface area contributed by atoms with E-state index in [0.29, 0.717) is 5.56 Å². The van der Waals surface area contributed by atoms with Crippen molar-refractivity contribution in [3.05, 3.63) is 56.7 Å². The van der Waals surface area contributed by atoms with Crippen LogP contribution in [0.25, 0.3) is 6.08 Å². The summed E-state index contributed by atoms with van der Waals surface area (Å²) >= 11 is 4.88. The third-order valence-electron chi connectivity index (χ3n) is 2.56. The molecule has 0 amide bonds. The molecule has 0 unspecified atom stereocenters. The highest BCUT2D eigenvalue weighted by Crippen LogP contribution is 2.23. The van der Waals surface area contributed by atoms with Crippen molar-refractivity contribution in [2.24, 2.45) is 0 Å². The van der Waals surface area contributed by atoms with E-state index in [0.717, 1.165) is 14.9 Å². The van der Waals surface area contributed by atoms with Crippen LogP contribution in [0.15, 0.2) is 51.2 Å². The lowest BCUT2D eigenvalue weighted by Gasteiger charge is -1.99. The molecule has 0 atom stereocenters. The second-order valence-electron chi connectivity index (χ2n) is 4.14. The number of thiophene rings is 1. The highest BCUT2D eigenvalue weighted by atomic mass is 79.9. The Hall–Kier alpha value is -1.24. The summed E-state index contributed by atoms with van der Waals surface area (Å²) < 4.78 is 23.7. The van der Waals surface area contributed by atoms with Crippen LogP contribution < -0.4 is 0 Å². The predicted octanol–water partition coefficient (Wildman–Crippen LogP) is 3.81. The van der Waals surface area contributed by atoms with E-state index in [4.69, 9.17) is 0 Å². The van der Waals surface area contributed by atoms with Gasteiger partial charge < -0.3 is 0 Å². The van der Waals surface area contributed by atoms with E-state index in [-0.39, 0.29) is 10.7 Å². The minimum absolute atomic E-state index is 0.158. The Morgan fingerprint density at radius 3 is 2.30 bits per heavy atom. The summed E-state index contributed by atoms with van der Waals surface area (Å²) in [5.41, 5.74) is 0.462. The number of carbonyl (C=O) groups is 1. The summed E-state index contributed by atoms with van der Waals surface area (Å²) in [6.45, 7) is 0. The molecule has 1 aromatic carbocycles. The van der Waals surface area contributed by atoms with Crippen LogP contribution in [0.3, 0.4) is 0 Å². The lowest BCUT2D eigenvalue weighted by atomic mass is 10.1. The SMILES string of the molecule is CS(=O)(=O)c1ccc(C(=O)/C=C/c2ccc(Br)s2)cc1. The molecular formula is C14H11BrO3S2. The molecule has 0 saturated carbocycles. The van der Waals surface area contributed by atoms with Gasteiger partial charge in [-0.15, -0.1) is 11.3 Å². The first-order valence-corrected chi connectivity index (χ1v) is 9.14. The monoisotopic (exact) mass is 370 g/mol. The van der Waals surface area contributed by atoms with Gasteiger partial charge >= 0.3 is 0 Å². The maximum atomic E-state index is 11.9. The standard InChI is InChI=1S/C14H11BrO3S2/c1-20(17,18)12-6-2-10(3-7-12)13(16)8-4-11-5-9-14(15)19-11/h2-9H,1H3/b8-4+. The van der Waals surface area contributed by atoms with E-state index in [1.165, 1.54) is 41.7 Å². The third kappa shape index (κ3) is 3.88. The summed E-state index contributed by atoms with van der Waals surface area (Å²) in [5, 5.41) is 0. The zero-order valence-corrected chi connectivity index (χ0v) is 13.8. The molecule has 2 aromatic rings. The topological polar surface area (TPSA) is 51.2 Å². The molecule has 1 heterocycles. The van der Waals surface area contributed by atoms with Crippen molar-refractivity contribution >= 4 is 49.0 Å². The zero-order valence-electron chi connectivity index (χ0n) is 10.5. The number of allylic oxidation sites excluding steroid dienone is 1. The van der Waals surface area contributed by atoms with Crippen molar-refractivity contribution in [3.8, 4) is 0 Å². The molecule has 104 valence electrons. The largest absolute Gasteiger partial charge is 0.289 e. The van der Waals surface area contributed by atoms with Crippen LogP contribution >= 0.6 is 27.3 Å². The minimum atomic E-state index is -3.23. The van der Waals surface area contributed by atoms with Gasteiger partial charge in [0.1, 0.15) is 0 Å². The van der Waals surface area contributed by atoms with Gasteiger partial charge in [0.05, 0.1) is 8.68 Å². The molecule has 20 heavy (non-hydrogen) atoms. The molecule has 0 aliphatic carbocycles. The number of sulfone groups is 1. The Balaban J connectivity index is 2.16. The lowest BCUT2D eigenvalue weighted by molar-refractivity contribution is 0.104. The molecular weight excluding hydrogens is 360 g/mol. The van der Waals surface area contributed by atoms with Gasteiger partial charge in [-0.3, -0.25) is 4.79 Å². The van der Waals surface area contributed by atoms with E-state index < -0.39 is 9.84 Å². The Bertz CT molecular complexity index is 756. The Labute approximate surface area is 130 Å². The van der Waals surface area contributed by atoms with Crippen LogP contribution in [0.2, 0.25) is 0 Å². The first-order chi connectivity index (χ1) is 9.36. The molecule has 0 aliphatic heterocycles. The molecule has 0 spiro atoms. The highest BCUT2D eigenvalue weighted by molar-refractivity contribution is 9.11. The van der Waals surface area contributed by atoms with Crippen LogP contribution in [-0.4, -0.2) is 20.5 Å². The van der Waals surface area contributed by atoms with Gasteiger partial charge in [0, 0.05) is 16.7 Å². The van der Waals surface area contributed by atoms with Crippen molar-refractivity contribution in [2.75, 3.05) is 6.26 Å². The van der Waals surface area contributed by atoms with Crippen LogP contribution in [0.5, 0.6) is 0 Å². The van der Waals surface area contributed by atoms with Gasteiger partial charge in [-0.25, -0.2) is 8.42 Å². The van der Waals surface area contributed by atoms with Crippen LogP contribution in [-0.2, 0) is 9.84 Å². The number of rotatable bonds is 4. The Morgan fingerprint density at radius 1 is 1.15 bits per heavy atom. The molecule has 2 rings (SSSR count). The number of carbonyl (C=O) groups excluding carboxylic acids is 1.